The fourth-order valence-corrected chi connectivity index (χ4v) is 6.61. The Morgan fingerprint density at radius 1 is 1.05 bits per heavy atom. The molecule has 0 radical (unpaired) electrons. The van der Waals surface area contributed by atoms with Crippen molar-refractivity contribution in [2.24, 2.45) is 11.8 Å². The summed E-state index contributed by atoms with van der Waals surface area (Å²) in [5.74, 6) is -1.10. The van der Waals surface area contributed by atoms with Gasteiger partial charge in [-0.25, -0.2) is 0 Å². The third-order valence-electron chi connectivity index (χ3n) is 9.06. The van der Waals surface area contributed by atoms with E-state index in [1.807, 2.05) is 37.2 Å². The summed E-state index contributed by atoms with van der Waals surface area (Å²) in [6.45, 7) is 1.47. The molecular weight excluding hydrogens is 516 g/mol. The van der Waals surface area contributed by atoms with E-state index in [0.29, 0.717) is 61.1 Å². The number of aliphatic carboxylic acids is 1. The first-order valence-electron chi connectivity index (χ1n) is 14.0. The van der Waals surface area contributed by atoms with Gasteiger partial charge >= 0.3 is 5.97 Å². The van der Waals surface area contributed by atoms with E-state index in [-0.39, 0.29) is 23.7 Å². The molecule has 0 bridgehead atoms. The van der Waals surface area contributed by atoms with Crippen molar-refractivity contribution in [1.29, 1.82) is 0 Å². The van der Waals surface area contributed by atoms with E-state index in [4.69, 9.17) is 16.7 Å². The molecule has 1 N–H and O–H groups in total. The van der Waals surface area contributed by atoms with Crippen LogP contribution in [0.5, 0.6) is 0 Å². The van der Waals surface area contributed by atoms with E-state index >= 15 is 0 Å². The number of halogens is 1. The Balaban J connectivity index is 1.35. The number of fused-ring (bicyclic) bond motifs is 1. The first-order valence-corrected chi connectivity index (χ1v) is 14.4. The molecule has 2 atom stereocenters. The largest absolute Gasteiger partial charge is 0.481 e. The van der Waals surface area contributed by atoms with Gasteiger partial charge in [0.05, 0.1) is 27.9 Å². The molecule has 0 spiro atoms. The van der Waals surface area contributed by atoms with Crippen molar-refractivity contribution in [2.75, 3.05) is 27.2 Å². The first kappa shape index (κ1) is 26.3. The normalized spacial score (nSPS) is 23.3. The third kappa shape index (κ3) is 4.82. The van der Waals surface area contributed by atoms with Crippen LogP contribution in [0.15, 0.2) is 24.3 Å². The average Bonchev–Trinajstić information content (AvgIpc) is 3.67. The predicted molar refractivity (Wildman–Crippen MR) is 148 cm³/mol. The Kier molecular flexibility index (Phi) is 6.88. The molecule has 1 aromatic heterocycles. The van der Waals surface area contributed by atoms with Gasteiger partial charge in [0.15, 0.2) is 0 Å². The second kappa shape index (κ2) is 10.2. The van der Waals surface area contributed by atoms with Crippen LogP contribution < -0.4 is 0 Å². The van der Waals surface area contributed by atoms with Crippen LogP contribution in [0.2, 0.25) is 5.02 Å². The number of rotatable bonds is 6. The summed E-state index contributed by atoms with van der Waals surface area (Å²) >= 11 is 6.62. The number of hydrogen-bond acceptors (Lipinski definition) is 5. The zero-order chi connectivity index (χ0) is 27.4. The van der Waals surface area contributed by atoms with Crippen molar-refractivity contribution in [3.05, 3.63) is 57.4 Å². The van der Waals surface area contributed by atoms with Crippen LogP contribution in [0.25, 0.3) is 5.57 Å². The minimum absolute atomic E-state index is 0.151. The van der Waals surface area contributed by atoms with Crippen LogP contribution in [0.4, 0.5) is 0 Å². The molecule has 9 heteroatoms. The Hall–Kier alpha value is -2.97. The van der Waals surface area contributed by atoms with Crippen molar-refractivity contribution in [2.45, 2.75) is 63.3 Å². The van der Waals surface area contributed by atoms with Gasteiger partial charge in [-0.05, 0) is 82.2 Å². The van der Waals surface area contributed by atoms with Crippen LogP contribution in [-0.4, -0.2) is 75.7 Å². The summed E-state index contributed by atoms with van der Waals surface area (Å²) < 4.78 is 1.51. The van der Waals surface area contributed by atoms with Gasteiger partial charge in [0, 0.05) is 37.0 Å². The molecule has 1 saturated carbocycles. The van der Waals surface area contributed by atoms with E-state index in [9.17, 15) is 19.5 Å². The lowest BCUT2D eigenvalue weighted by molar-refractivity contribution is -0.143. The fourth-order valence-electron chi connectivity index (χ4n) is 6.35. The zero-order valence-electron chi connectivity index (χ0n) is 22.5. The number of carbonyl (C=O) groups excluding carboxylic acids is 2. The standard InChI is InChI=1S/C30H35ClN4O4/c1-33(2)21-15-34(16-21)28(36)20-12-13-23-25(14-20)35(32-27(23)18-8-10-19(11-9-18)30(38)39)29(37)26-22(17-6-7-17)4-3-5-24(26)31/h3-5,8,17,19-21H,6-7,9-16H2,1-2H3,(H,38,39). The summed E-state index contributed by atoms with van der Waals surface area (Å²) in [7, 11) is 4.07. The minimum atomic E-state index is -0.775. The lowest BCUT2D eigenvalue weighted by atomic mass is 9.82. The lowest BCUT2D eigenvalue weighted by Gasteiger charge is -2.44. The highest BCUT2D eigenvalue weighted by molar-refractivity contribution is 6.34. The Morgan fingerprint density at radius 2 is 1.79 bits per heavy atom. The maximum absolute atomic E-state index is 14.1. The minimum Gasteiger partial charge on any atom is -0.481 e. The monoisotopic (exact) mass is 550 g/mol. The van der Waals surface area contributed by atoms with Crippen molar-refractivity contribution in [1.82, 2.24) is 19.6 Å². The molecule has 6 rings (SSSR count). The van der Waals surface area contributed by atoms with Crippen LogP contribution in [0.3, 0.4) is 0 Å². The molecule has 4 aliphatic rings. The number of hydrogen-bond donors (Lipinski definition) is 1. The smallest absolute Gasteiger partial charge is 0.306 e. The molecule has 2 aromatic rings. The molecular formula is C30H35ClN4O4. The number of carboxylic acid groups (broad SMARTS) is 1. The number of benzene rings is 1. The highest BCUT2D eigenvalue weighted by Crippen LogP contribution is 2.44. The number of allylic oxidation sites excluding steroid dienone is 2. The van der Waals surface area contributed by atoms with E-state index in [2.05, 4.69) is 4.90 Å². The number of amides is 1. The van der Waals surface area contributed by atoms with Crippen molar-refractivity contribution >= 4 is 35.0 Å². The molecule has 39 heavy (non-hydrogen) atoms. The maximum Gasteiger partial charge on any atom is 0.306 e. The Labute approximate surface area is 233 Å². The van der Waals surface area contributed by atoms with Gasteiger partial charge < -0.3 is 14.9 Å². The summed E-state index contributed by atoms with van der Waals surface area (Å²) in [5, 5.41) is 14.8. The van der Waals surface area contributed by atoms with E-state index in [1.54, 1.807) is 6.07 Å². The van der Waals surface area contributed by atoms with Crippen molar-refractivity contribution < 1.29 is 19.5 Å². The second-order valence-corrected chi connectivity index (χ2v) is 12.2. The second-order valence-electron chi connectivity index (χ2n) is 11.8. The van der Waals surface area contributed by atoms with Crippen molar-refractivity contribution in [3.8, 4) is 0 Å². The Bertz CT molecular complexity index is 1370. The number of likely N-dealkylation sites (N-methyl/N-ethyl adjacent to an activating group) is 1. The SMILES string of the molecule is CN(C)C1CN(C(=O)C2CCc3c(C4=CCC(C(=O)O)CC4)nn(C(=O)c4c(Cl)cccc4C4CC4)c3C2)C1. The van der Waals surface area contributed by atoms with Gasteiger partial charge in [0.2, 0.25) is 5.91 Å². The zero-order valence-corrected chi connectivity index (χ0v) is 23.3. The molecule has 1 aliphatic heterocycles. The Morgan fingerprint density at radius 3 is 2.44 bits per heavy atom. The number of carbonyl (C=O) groups is 3. The third-order valence-corrected chi connectivity index (χ3v) is 9.37. The molecule has 1 amide bonds. The van der Waals surface area contributed by atoms with Crippen LogP contribution >= 0.6 is 11.6 Å². The summed E-state index contributed by atoms with van der Waals surface area (Å²) in [6.07, 6.45) is 7.52. The lowest BCUT2D eigenvalue weighted by Crippen LogP contribution is -2.60. The van der Waals surface area contributed by atoms with E-state index < -0.39 is 5.97 Å². The van der Waals surface area contributed by atoms with Gasteiger partial charge in [0.1, 0.15) is 0 Å². The first-order chi connectivity index (χ1) is 18.7. The van der Waals surface area contributed by atoms with Crippen LogP contribution in [0.1, 0.15) is 77.3 Å². The number of aromatic nitrogens is 2. The van der Waals surface area contributed by atoms with Crippen molar-refractivity contribution in [3.63, 3.8) is 0 Å². The fraction of sp³-hybridized carbons (Fsp3) is 0.533. The van der Waals surface area contributed by atoms with Gasteiger partial charge in [-0.3, -0.25) is 14.4 Å². The number of nitrogens with zero attached hydrogens (tertiary/aromatic N) is 4. The molecule has 2 fully saturated rings. The number of likely N-dealkylation sites (tertiary alicyclic amines) is 1. The molecule has 2 heterocycles. The highest BCUT2D eigenvalue weighted by atomic mass is 35.5. The topological polar surface area (TPSA) is 95.7 Å². The van der Waals surface area contributed by atoms with E-state index in [0.717, 1.165) is 54.0 Å². The summed E-state index contributed by atoms with van der Waals surface area (Å²) in [6, 6.07) is 6.03. The molecule has 2 unspecified atom stereocenters. The average molecular weight is 551 g/mol. The maximum atomic E-state index is 14.1. The van der Waals surface area contributed by atoms with Gasteiger partial charge in [-0.1, -0.05) is 29.8 Å². The van der Waals surface area contributed by atoms with Crippen LogP contribution in [0, 0.1) is 11.8 Å². The molecule has 8 nitrogen and oxygen atoms in total. The molecule has 3 aliphatic carbocycles. The van der Waals surface area contributed by atoms with Gasteiger partial charge in [-0.2, -0.15) is 9.78 Å². The molecule has 1 saturated heterocycles. The highest BCUT2D eigenvalue weighted by Gasteiger charge is 2.40. The number of carboxylic acids is 1. The van der Waals surface area contributed by atoms with Gasteiger partial charge in [0.25, 0.3) is 5.91 Å². The summed E-state index contributed by atoms with van der Waals surface area (Å²) in [5.41, 5.74) is 5.07. The van der Waals surface area contributed by atoms with E-state index in [1.165, 1.54) is 4.68 Å². The predicted octanol–water partition coefficient (Wildman–Crippen LogP) is 4.25. The molecule has 1 aromatic carbocycles. The molecule has 206 valence electrons. The van der Waals surface area contributed by atoms with Gasteiger partial charge in [-0.15, -0.1) is 0 Å². The quantitative estimate of drug-likeness (QED) is 0.578. The summed E-state index contributed by atoms with van der Waals surface area (Å²) in [4.78, 5) is 43.2. The van der Waals surface area contributed by atoms with Crippen LogP contribution in [-0.2, 0) is 22.4 Å².